The molecule has 1 aliphatic carbocycles. The molecule has 4 aromatic rings. The Morgan fingerprint density at radius 1 is 0.958 bits per heavy atom. The second-order valence-corrected chi connectivity index (χ2v) is 22.9. The number of likely N-dealkylation sites (tertiary alicyclic amines) is 1. The summed E-state index contributed by atoms with van der Waals surface area (Å²) in [6, 6.07) is 20.4. The molecule has 0 radical (unpaired) electrons. The number of aryl methyl sites for hydroxylation is 1. The van der Waals surface area contributed by atoms with E-state index in [9.17, 15) is 29.5 Å². The Morgan fingerprint density at radius 2 is 1.62 bits per heavy atom. The summed E-state index contributed by atoms with van der Waals surface area (Å²) >= 11 is 7.84. The Kier molecular flexibility index (Phi) is 16.2. The molecule has 5 atom stereocenters. The van der Waals surface area contributed by atoms with E-state index < -0.39 is 35.4 Å². The first-order valence-electron chi connectivity index (χ1n) is 24.4. The highest BCUT2D eigenvalue weighted by molar-refractivity contribution is 7.13. The Balaban J connectivity index is 0.846. The fourth-order valence-corrected chi connectivity index (χ4v) is 11.7. The first-order valence-corrected chi connectivity index (χ1v) is 25.7. The standard InChI is InChI=1S/C54H69ClN8O7S/c1-32(28-61-21-23-62(24-22-61)39-18-15-37(16-19-39)47(66)60-50-53(7,8)51(54(50,9)10)70-41-20-17-38(27-56)42(55)26-41)69-30-44(65)59-46(52(4,5)6)49(68)63-29-40(64)25-43(63)48(67)58-33(2)35-11-13-36(14-12-35)45-34(3)57-31-71-45/h11-20,26,31-33,40,43,46,50-51,64H,21-25,28-30H2,1-10H3,(H,58,67)(H,59,65)(H,60,66)/t32-,33+,40-,43+,46-,50?,51?/m1/s1. The highest BCUT2D eigenvalue weighted by Gasteiger charge is 2.64. The van der Waals surface area contributed by atoms with Crippen molar-refractivity contribution in [1.82, 2.24) is 30.7 Å². The zero-order chi connectivity index (χ0) is 51.6. The van der Waals surface area contributed by atoms with Crippen molar-refractivity contribution < 1.29 is 33.8 Å². The molecule has 3 aliphatic rings. The number of aromatic nitrogens is 1. The number of aliphatic hydroxyl groups is 1. The summed E-state index contributed by atoms with van der Waals surface area (Å²) in [4.78, 5) is 66.3. The number of piperazine rings is 1. The second-order valence-electron chi connectivity index (χ2n) is 21.6. The maximum Gasteiger partial charge on any atom is 0.251 e. The molecule has 0 bridgehead atoms. The minimum atomic E-state index is -0.969. The smallest absolute Gasteiger partial charge is 0.251 e. The number of aliphatic hydroxyl groups excluding tert-OH is 1. The summed E-state index contributed by atoms with van der Waals surface area (Å²) in [6.45, 7) is 23.1. The van der Waals surface area contributed by atoms with Gasteiger partial charge in [0.2, 0.25) is 17.7 Å². The third-order valence-electron chi connectivity index (χ3n) is 14.4. The van der Waals surface area contributed by atoms with Gasteiger partial charge < -0.3 is 40.3 Å². The lowest BCUT2D eigenvalue weighted by Gasteiger charge is -2.63. The molecule has 3 heterocycles. The SMILES string of the molecule is Cc1ncsc1-c1ccc([C@H](C)NC(=O)[C@@H]2C[C@@H](O)CN2C(=O)[C@@H](NC(=O)CO[C@H](C)CN2CCN(c3ccc(C(=O)NC4C(C)(C)C(Oc5ccc(C#N)c(Cl)c5)C4(C)C)cc3)CC2)C(C)(C)C)cc1. The molecule has 1 saturated carbocycles. The lowest BCUT2D eigenvalue weighted by atomic mass is 9.49. The molecular formula is C54H69ClN8O7S. The molecule has 4 N–H and O–H groups in total. The van der Waals surface area contributed by atoms with Crippen LogP contribution in [0, 0.1) is 34.5 Å². The Labute approximate surface area is 427 Å². The summed E-state index contributed by atoms with van der Waals surface area (Å²) < 4.78 is 12.4. The molecule has 2 aliphatic heterocycles. The number of thiazole rings is 1. The number of rotatable bonds is 16. The average Bonchev–Trinajstić information content (AvgIpc) is 3.95. The van der Waals surface area contributed by atoms with E-state index in [2.05, 4.69) is 64.5 Å². The summed E-state index contributed by atoms with van der Waals surface area (Å²) in [5.74, 6) is -0.811. The molecular weight excluding hydrogens is 940 g/mol. The Hall–Kier alpha value is -5.57. The number of benzene rings is 3. The number of β-amino-alcohol motifs (C(OH)–C–C–N with tert-alkyl or cyclic N) is 1. The topological polar surface area (TPSA) is 189 Å². The van der Waals surface area contributed by atoms with E-state index in [1.165, 1.54) is 4.90 Å². The predicted octanol–water partition coefficient (Wildman–Crippen LogP) is 7.15. The Morgan fingerprint density at radius 3 is 2.21 bits per heavy atom. The van der Waals surface area contributed by atoms with Crippen molar-refractivity contribution in [2.24, 2.45) is 16.2 Å². The van der Waals surface area contributed by atoms with Crippen LogP contribution in [0.5, 0.6) is 5.75 Å². The van der Waals surface area contributed by atoms with E-state index in [1.54, 1.807) is 29.5 Å². The third kappa shape index (κ3) is 12.0. The van der Waals surface area contributed by atoms with Crippen molar-refractivity contribution in [2.45, 2.75) is 118 Å². The monoisotopic (exact) mass is 1010 g/mol. The molecule has 2 saturated heterocycles. The van der Waals surface area contributed by atoms with Crippen LogP contribution in [0.1, 0.15) is 102 Å². The normalized spacial score (nSPS) is 22.1. The average molecular weight is 1010 g/mol. The van der Waals surface area contributed by atoms with Gasteiger partial charge in [-0.25, -0.2) is 4.98 Å². The number of halogens is 1. The quantitative estimate of drug-likeness (QED) is 0.0892. The number of nitrogens with zero attached hydrogens (tertiary/aromatic N) is 5. The van der Waals surface area contributed by atoms with Gasteiger partial charge in [-0.3, -0.25) is 24.1 Å². The van der Waals surface area contributed by atoms with Crippen molar-refractivity contribution in [3.63, 3.8) is 0 Å². The van der Waals surface area contributed by atoms with Crippen LogP contribution < -0.4 is 25.6 Å². The number of carbonyl (C=O) groups excluding carboxylic acids is 4. The molecule has 15 nitrogen and oxygen atoms in total. The number of nitriles is 1. The molecule has 1 aromatic heterocycles. The van der Waals surface area contributed by atoms with Crippen molar-refractivity contribution in [3.8, 4) is 22.3 Å². The first-order chi connectivity index (χ1) is 33.5. The number of hydrogen-bond acceptors (Lipinski definition) is 12. The van der Waals surface area contributed by atoms with Gasteiger partial charge in [-0.1, -0.05) is 84.3 Å². The minimum Gasteiger partial charge on any atom is -0.489 e. The lowest BCUT2D eigenvalue weighted by molar-refractivity contribution is -0.164. The van der Waals surface area contributed by atoms with Crippen LogP contribution in [0.3, 0.4) is 0 Å². The minimum absolute atomic E-state index is 0.0180. The number of hydrogen-bond donors (Lipinski definition) is 4. The summed E-state index contributed by atoms with van der Waals surface area (Å²) in [5, 5.41) is 29.5. The van der Waals surface area contributed by atoms with E-state index in [-0.39, 0.29) is 66.5 Å². The maximum absolute atomic E-state index is 14.2. The molecule has 3 fully saturated rings. The number of ether oxygens (including phenoxy) is 2. The van der Waals surface area contributed by atoms with Crippen LogP contribution in [0.4, 0.5) is 5.69 Å². The van der Waals surface area contributed by atoms with Gasteiger partial charge in [0.05, 0.1) is 44.9 Å². The number of anilines is 1. The largest absolute Gasteiger partial charge is 0.489 e. The molecule has 0 spiro atoms. The highest BCUT2D eigenvalue weighted by atomic mass is 35.5. The number of amides is 4. The van der Waals surface area contributed by atoms with Crippen LogP contribution in [-0.4, -0.2) is 126 Å². The van der Waals surface area contributed by atoms with Gasteiger partial charge in [-0.15, -0.1) is 11.3 Å². The number of nitrogens with one attached hydrogen (secondary N) is 3. The first kappa shape index (κ1) is 53.2. The van der Waals surface area contributed by atoms with Crippen molar-refractivity contribution in [1.29, 1.82) is 5.26 Å². The summed E-state index contributed by atoms with van der Waals surface area (Å²) in [7, 11) is 0. The van der Waals surface area contributed by atoms with Crippen LogP contribution >= 0.6 is 22.9 Å². The van der Waals surface area contributed by atoms with Gasteiger partial charge >= 0.3 is 0 Å². The fraction of sp³-hybridized carbons (Fsp3) is 0.519. The van der Waals surface area contributed by atoms with Crippen molar-refractivity contribution in [2.75, 3.05) is 50.8 Å². The van der Waals surface area contributed by atoms with Crippen molar-refractivity contribution >= 4 is 52.3 Å². The summed E-state index contributed by atoms with van der Waals surface area (Å²) in [5.41, 5.74) is 5.24. The van der Waals surface area contributed by atoms with Gasteiger partial charge in [-0.05, 0) is 73.7 Å². The van der Waals surface area contributed by atoms with Gasteiger partial charge in [0.15, 0.2) is 0 Å². The third-order valence-corrected chi connectivity index (χ3v) is 15.7. The van der Waals surface area contributed by atoms with E-state index >= 15 is 0 Å². The molecule has 4 amide bonds. The van der Waals surface area contributed by atoms with Crippen molar-refractivity contribution in [3.05, 3.63) is 99.6 Å². The van der Waals surface area contributed by atoms with E-state index in [4.69, 9.17) is 21.1 Å². The second kappa shape index (κ2) is 21.6. The number of carbonyl (C=O) groups is 4. The molecule has 3 aromatic carbocycles. The zero-order valence-corrected chi connectivity index (χ0v) is 44.1. The van der Waals surface area contributed by atoms with E-state index in [0.717, 1.165) is 53.6 Å². The molecule has 7 rings (SSSR count). The maximum atomic E-state index is 14.2. The predicted molar refractivity (Wildman–Crippen MR) is 276 cm³/mol. The molecule has 380 valence electrons. The summed E-state index contributed by atoms with van der Waals surface area (Å²) in [6.07, 6.45) is -1.27. The highest BCUT2D eigenvalue weighted by Crippen LogP contribution is 2.55. The molecule has 0 unspecified atom stereocenters. The molecule has 17 heteroatoms. The van der Waals surface area contributed by atoms with Crippen LogP contribution in [0.15, 0.2) is 72.2 Å². The van der Waals surface area contributed by atoms with Gasteiger partial charge in [0, 0.05) is 79.9 Å². The van der Waals surface area contributed by atoms with Crippen LogP contribution in [-0.2, 0) is 19.1 Å². The van der Waals surface area contributed by atoms with Crippen LogP contribution in [0.25, 0.3) is 10.4 Å². The van der Waals surface area contributed by atoms with Gasteiger partial charge in [-0.2, -0.15) is 5.26 Å². The van der Waals surface area contributed by atoms with E-state index in [0.29, 0.717) is 28.4 Å². The van der Waals surface area contributed by atoms with Crippen LogP contribution in [0.2, 0.25) is 5.02 Å². The van der Waals surface area contributed by atoms with E-state index in [1.807, 2.05) is 95.6 Å². The van der Waals surface area contributed by atoms with Gasteiger partial charge in [0.25, 0.3) is 5.91 Å². The Bertz CT molecular complexity index is 2580. The fourth-order valence-electron chi connectivity index (χ4n) is 10.7. The van der Waals surface area contributed by atoms with Gasteiger partial charge in [0.1, 0.15) is 36.6 Å². The molecule has 71 heavy (non-hydrogen) atoms. The zero-order valence-electron chi connectivity index (χ0n) is 42.5. The lowest BCUT2D eigenvalue weighted by Crippen LogP contribution is -2.74.